The SMILES string of the molecule is CN(Cc1ccccc1)Cn1nc(-c2ccc(F)cc2)oc1=S. The van der Waals surface area contributed by atoms with E-state index in [2.05, 4.69) is 22.1 Å². The molecule has 1 aromatic heterocycles. The average molecular weight is 329 g/mol. The molecule has 0 fully saturated rings. The molecule has 3 aromatic rings. The van der Waals surface area contributed by atoms with Gasteiger partial charge in [-0.15, -0.1) is 5.10 Å². The Labute approximate surface area is 138 Å². The van der Waals surface area contributed by atoms with Gasteiger partial charge in [0.15, 0.2) is 0 Å². The molecular weight excluding hydrogens is 313 g/mol. The van der Waals surface area contributed by atoms with Crippen molar-refractivity contribution in [3.8, 4) is 11.5 Å². The van der Waals surface area contributed by atoms with Crippen LogP contribution in [0.3, 0.4) is 0 Å². The van der Waals surface area contributed by atoms with Gasteiger partial charge in [0.25, 0.3) is 4.84 Å². The summed E-state index contributed by atoms with van der Waals surface area (Å²) in [6.07, 6.45) is 0. The van der Waals surface area contributed by atoms with E-state index >= 15 is 0 Å². The standard InChI is InChI=1S/C17H16FN3OS/c1-20(11-13-5-3-2-4-6-13)12-21-17(23)22-16(19-21)14-7-9-15(18)10-8-14/h2-10H,11-12H2,1H3. The number of hydrogen-bond acceptors (Lipinski definition) is 4. The highest BCUT2D eigenvalue weighted by atomic mass is 32.1. The maximum absolute atomic E-state index is 13.0. The molecule has 2 aromatic carbocycles. The quantitative estimate of drug-likeness (QED) is 0.660. The number of hydrogen-bond donors (Lipinski definition) is 0. The van der Waals surface area contributed by atoms with E-state index < -0.39 is 0 Å². The summed E-state index contributed by atoms with van der Waals surface area (Å²) < 4.78 is 20.1. The molecule has 6 heteroatoms. The summed E-state index contributed by atoms with van der Waals surface area (Å²) in [4.78, 5) is 2.38. The smallest absolute Gasteiger partial charge is 0.288 e. The minimum Gasteiger partial charge on any atom is -0.409 e. The van der Waals surface area contributed by atoms with Gasteiger partial charge in [-0.3, -0.25) is 4.90 Å². The van der Waals surface area contributed by atoms with Crippen molar-refractivity contribution in [2.45, 2.75) is 13.2 Å². The van der Waals surface area contributed by atoms with E-state index in [1.807, 2.05) is 25.2 Å². The second-order valence-electron chi connectivity index (χ2n) is 5.32. The summed E-state index contributed by atoms with van der Waals surface area (Å²) in [5.74, 6) is 0.0949. The fraction of sp³-hybridized carbons (Fsp3) is 0.176. The largest absolute Gasteiger partial charge is 0.409 e. The lowest BCUT2D eigenvalue weighted by atomic mass is 10.2. The molecule has 0 N–H and O–H groups in total. The van der Waals surface area contributed by atoms with E-state index in [-0.39, 0.29) is 5.82 Å². The fourth-order valence-corrected chi connectivity index (χ4v) is 2.46. The highest BCUT2D eigenvalue weighted by Crippen LogP contribution is 2.18. The molecule has 0 aliphatic carbocycles. The Kier molecular flexibility index (Phi) is 4.64. The lowest BCUT2D eigenvalue weighted by molar-refractivity contribution is 0.240. The molecule has 0 spiro atoms. The van der Waals surface area contributed by atoms with Crippen LogP contribution in [-0.4, -0.2) is 21.7 Å². The first-order valence-electron chi connectivity index (χ1n) is 7.18. The fourth-order valence-electron chi connectivity index (χ4n) is 2.28. The molecule has 0 unspecified atom stereocenters. The highest BCUT2D eigenvalue weighted by Gasteiger charge is 2.10. The molecule has 0 atom stereocenters. The van der Waals surface area contributed by atoms with Crippen molar-refractivity contribution in [3.05, 3.63) is 70.8 Å². The van der Waals surface area contributed by atoms with Crippen LogP contribution in [-0.2, 0) is 13.2 Å². The lowest BCUT2D eigenvalue weighted by Gasteiger charge is -2.15. The molecule has 23 heavy (non-hydrogen) atoms. The zero-order valence-electron chi connectivity index (χ0n) is 12.6. The molecule has 118 valence electrons. The van der Waals surface area contributed by atoms with Crippen LogP contribution in [0.4, 0.5) is 4.39 Å². The Hall–Kier alpha value is -2.31. The van der Waals surface area contributed by atoms with E-state index in [1.165, 1.54) is 17.7 Å². The van der Waals surface area contributed by atoms with Crippen molar-refractivity contribution in [3.63, 3.8) is 0 Å². The Bertz CT molecular complexity index is 827. The molecule has 1 heterocycles. The number of halogens is 1. The van der Waals surface area contributed by atoms with Gasteiger partial charge in [-0.1, -0.05) is 30.3 Å². The molecule has 0 amide bonds. The van der Waals surface area contributed by atoms with E-state index in [1.54, 1.807) is 16.8 Å². The molecule has 0 aliphatic heterocycles. The van der Waals surface area contributed by atoms with Crippen LogP contribution >= 0.6 is 12.2 Å². The van der Waals surface area contributed by atoms with Crippen LogP contribution in [0.15, 0.2) is 59.0 Å². The van der Waals surface area contributed by atoms with E-state index in [9.17, 15) is 4.39 Å². The molecule has 3 rings (SSSR count). The number of nitrogens with zero attached hydrogens (tertiary/aromatic N) is 3. The second kappa shape index (κ2) is 6.85. The van der Waals surface area contributed by atoms with E-state index in [0.29, 0.717) is 23.0 Å². The molecular formula is C17H16FN3OS. The van der Waals surface area contributed by atoms with Crippen LogP contribution in [0.2, 0.25) is 0 Å². The van der Waals surface area contributed by atoms with Crippen molar-refractivity contribution in [1.82, 2.24) is 14.7 Å². The molecule has 4 nitrogen and oxygen atoms in total. The molecule has 0 radical (unpaired) electrons. The summed E-state index contributed by atoms with van der Waals surface area (Å²) in [7, 11) is 1.99. The second-order valence-corrected chi connectivity index (χ2v) is 5.67. The summed E-state index contributed by atoms with van der Waals surface area (Å²) >= 11 is 5.21. The third-order valence-electron chi connectivity index (χ3n) is 3.37. The number of benzene rings is 2. The van der Waals surface area contributed by atoms with Crippen LogP contribution < -0.4 is 0 Å². The van der Waals surface area contributed by atoms with Gasteiger partial charge < -0.3 is 4.42 Å². The third-order valence-corrected chi connectivity index (χ3v) is 3.66. The van der Waals surface area contributed by atoms with E-state index in [4.69, 9.17) is 16.6 Å². The van der Waals surface area contributed by atoms with Gasteiger partial charge in [0, 0.05) is 12.1 Å². The first-order valence-corrected chi connectivity index (χ1v) is 7.59. The van der Waals surface area contributed by atoms with Crippen molar-refractivity contribution >= 4 is 12.2 Å². The van der Waals surface area contributed by atoms with Gasteiger partial charge in [-0.05, 0) is 49.1 Å². The van der Waals surface area contributed by atoms with Crippen molar-refractivity contribution in [2.75, 3.05) is 7.05 Å². The predicted molar refractivity (Wildman–Crippen MR) is 88.6 cm³/mol. The maximum atomic E-state index is 13.0. The summed E-state index contributed by atoms with van der Waals surface area (Å²) in [5, 5.41) is 4.37. The van der Waals surface area contributed by atoms with Gasteiger partial charge in [-0.2, -0.15) is 0 Å². The Balaban J connectivity index is 1.73. The van der Waals surface area contributed by atoms with Crippen LogP contribution in [0.1, 0.15) is 5.56 Å². The minimum absolute atomic E-state index is 0.296. The molecule has 0 saturated heterocycles. The minimum atomic E-state index is -0.297. The lowest BCUT2D eigenvalue weighted by Crippen LogP contribution is -2.22. The predicted octanol–water partition coefficient (Wildman–Crippen LogP) is 4.10. The molecule has 0 bridgehead atoms. The van der Waals surface area contributed by atoms with Gasteiger partial charge in [0.1, 0.15) is 5.82 Å². The Morgan fingerprint density at radius 3 is 2.52 bits per heavy atom. The zero-order chi connectivity index (χ0) is 16.2. The Morgan fingerprint density at radius 2 is 1.83 bits per heavy atom. The number of aromatic nitrogens is 2. The third kappa shape index (κ3) is 3.91. The zero-order valence-corrected chi connectivity index (χ0v) is 13.5. The van der Waals surface area contributed by atoms with Crippen LogP contribution in [0, 0.1) is 10.7 Å². The summed E-state index contributed by atoms with van der Waals surface area (Å²) in [6.45, 7) is 1.29. The normalized spacial score (nSPS) is 11.1. The van der Waals surface area contributed by atoms with Gasteiger partial charge in [-0.25, -0.2) is 9.07 Å². The maximum Gasteiger partial charge on any atom is 0.288 e. The van der Waals surface area contributed by atoms with Crippen LogP contribution in [0.5, 0.6) is 0 Å². The Morgan fingerprint density at radius 1 is 1.13 bits per heavy atom. The summed E-state index contributed by atoms with van der Waals surface area (Å²) in [6, 6.07) is 16.1. The van der Waals surface area contributed by atoms with Gasteiger partial charge >= 0.3 is 0 Å². The summed E-state index contributed by atoms with van der Waals surface area (Å²) in [5.41, 5.74) is 1.91. The highest BCUT2D eigenvalue weighted by molar-refractivity contribution is 7.71. The van der Waals surface area contributed by atoms with E-state index in [0.717, 1.165) is 6.54 Å². The number of rotatable bonds is 5. The van der Waals surface area contributed by atoms with Crippen molar-refractivity contribution in [2.24, 2.45) is 0 Å². The first kappa shape index (κ1) is 15.6. The average Bonchev–Trinajstić information content (AvgIpc) is 2.90. The van der Waals surface area contributed by atoms with Gasteiger partial charge in [0.05, 0.1) is 6.67 Å². The molecule has 0 aliphatic rings. The van der Waals surface area contributed by atoms with Crippen molar-refractivity contribution in [1.29, 1.82) is 0 Å². The van der Waals surface area contributed by atoms with Crippen LogP contribution in [0.25, 0.3) is 11.5 Å². The topological polar surface area (TPSA) is 34.2 Å². The molecule has 0 saturated carbocycles. The monoisotopic (exact) mass is 329 g/mol. The first-order chi connectivity index (χ1) is 11.1. The van der Waals surface area contributed by atoms with Gasteiger partial charge in [0.2, 0.25) is 5.89 Å². The van der Waals surface area contributed by atoms with Crippen molar-refractivity contribution < 1.29 is 8.81 Å².